The third kappa shape index (κ3) is 3.31. The van der Waals surface area contributed by atoms with Gasteiger partial charge in [-0.1, -0.05) is 24.2 Å². The number of hydrogen-bond acceptors (Lipinski definition) is 7. The van der Waals surface area contributed by atoms with Crippen LogP contribution in [0.3, 0.4) is 0 Å². The minimum Gasteiger partial charge on any atom is -0.497 e. The quantitative estimate of drug-likeness (QED) is 0.619. The van der Waals surface area contributed by atoms with E-state index in [0.29, 0.717) is 17.1 Å². The number of benzene rings is 2. The fourth-order valence-electron chi connectivity index (χ4n) is 3.12. The maximum Gasteiger partial charge on any atom is 0.342 e. The lowest BCUT2D eigenvalue weighted by molar-refractivity contribution is 0.0424. The number of rotatable bonds is 5. The second kappa shape index (κ2) is 7.34. The first-order valence-corrected chi connectivity index (χ1v) is 9.00. The molecule has 0 amide bonds. The first kappa shape index (κ1) is 18.0. The van der Waals surface area contributed by atoms with Crippen LogP contribution in [-0.4, -0.2) is 29.3 Å². The normalized spacial score (nSPS) is 17.7. The maximum atomic E-state index is 12.5. The first-order valence-electron chi connectivity index (χ1n) is 9.00. The molecule has 0 N–H and O–H groups in total. The number of ether oxygens (including phenoxy) is 3. The summed E-state index contributed by atoms with van der Waals surface area (Å²) in [5.41, 5.74) is 2.20. The van der Waals surface area contributed by atoms with Crippen molar-refractivity contribution in [3.05, 3.63) is 59.5 Å². The molecule has 2 atom stereocenters. The Morgan fingerprint density at radius 2 is 1.93 bits per heavy atom. The van der Waals surface area contributed by atoms with Gasteiger partial charge in [-0.25, -0.2) is 4.79 Å². The smallest absolute Gasteiger partial charge is 0.342 e. The number of esters is 1. The average Bonchev–Trinajstić information content (AvgIpc) is 3.31. The SMILES string of the molecule is COc1ccc(-c2noc(COC(=O)c3cccc4c3O[C@@H](C)[C@@H]4C)n2)cc1. The minimum absolute atomic E-state index is 0.0203. The molecule has 28 heavy (non-hydrogen) atoms. The van der Waals surface area contributed by atoms with Crippen molar-refractivity contribution < 1.29 is 23.5 Å². The molecule has 1 aliphatic heterocycles. The number of nitrogens with zero attached hydrogens (tertiary/aromatic N) is 2. The van der Waals surface area contributed by atoms with E-state index in [1.165, 1.54) is 0 Å². The van der Waals surface area contributed by atoms with E-state index in [0.717, 1.165) is 16.9 Å². The molecule has 144 valence electrons. The molecule has 0 saturated carbocycles. The standard InChI is InChI=1S/C21H20N2O5/c1-12-13(2)27-19-16(12)5-4-6-17(19)21(24)26-11-18-22-20(23-28-18)14-7-9-15(25-3)10-8-14/h4-10,12-13H,11H2,1-3H3/t12-,13-/m0/s1. The van der Waals surface area contributed by atoms with Crippen LogP contribution in [0.2, 0.25) is 0 Å². The molecule has 7 heteroatoms. The van der Waals surface area contributed by atoms with E-state index < -0.39 is 5.97 Å². The van der Waals surface area contributed by atoms with Crippen LogP contribution < -0.4 is 9.47 Å². The number of fused-ring (bicyclic) bond motifs is 1. The molecule has 7 nitrogen and oxygen atoms in total. The van der Waals surface area contributed by atoms with Gasteiger partial charge in [0.05, 0.1) is 7.11 Å². The van der Waals surface area contributed by atoms with Crippen LogP contribution in [-0.2, 0) is 11.3 Å². The molecule has 0 radical (unpaired) electrons. The van der Waals surface area contributed by atoms with Gasteiger partial charge in [0.1, 0.15) is 23.2 Å². The molecule has 1 aromatic heterocycles. The largest absolute Gasteiger partial charge is 0.497 e. The Balaban J connectivity index is 1.44. The van der Waals surface area contributed by atoms with Crippen LogP contribution in [0.1, 0.15) is 41.6 Å². The molecule has 4 rings (SSSR count). The number of aromatic nitrogens is 2. The number of hydrogen-bond donors (Lipinski definition) is 0. The fourth-order valence-corrected chi connectivity index (χ4v) is 3.12. The second-order valence-electron chi connectivity index (χ2n) is 6.65. The third-order valence-corrected chi connectivity index (χ3v) is 4.91. The molecule has 3 aromatic rings. The molecule has 0 spiro atoms. The molecule has 0 saturated heterocycles. The molecule has 0 unspecified atom stereocenters. The Morgan fingerprint density at radius 1 is 1.14 bits per heavy atom. The van der Waals surface area contributed by atoms with Gasteiger partial charge < -0.3 is 18.7 Å². The summed E-state index contributed by atoms with van der Waals surface area (Å²) in [5, 5.41) is 3.93. The minimum atomic E-state index is -0.484. The zero-order valence-corrected chi connectivity index (χ0v) is 15.8. The topological polar surface area (TPSA) is 83.7 Å². The Kier molecular flexibility index (Phi) is 4.73. The second-order valence-corrected chi connectivity index (χ2v) is 6.65. The Bertz CT molecular complexity index is 996. The molecular formula is C21H20N2O5. The molecular weight excluding hydrogens is 360 g/mol. The van der Waals surface area contributed by atoms with Gasteiger partial charge in [-0.3, -0.25) is 0 Å². The molecule has 0 fully saturated rings. The number of para-hydroxylation sites is 1. The van der Waals surface area contributed by atoms with E-state index >= 15 is 0 Å². The Hall–Kier alpha value is -3.35. The number of carbonyl (C=O) groups excluding carboxylic acids is 1. The lowest BCUT2D eigenvalue weighted by atomic mass is 9.97. The van der Waals surface area contributed by atoms with Crippen molar-refractivity contribution in [1.82, 2.24) is 10.1 Å². The van der Waals surface area contributed by atoms with Crippen LogP contribution in [0.25, 0.3) is 11.4 Å². The Morgan fingerprint density at radius 3 is 2.68 bits per heavy atom. The zero-order valence-electron chi connectivity index (χ0n) is 15.8. The summed E-state index contributed by atoms with van der Waals surface area (Å²) in [6.07, 6.45) is 0.0203. The highest BCUT2D eigenvalue weighted by Gasteiger charge is 2.31. The van der Waals surface area contributed by atoms with Crippen LogP contribution in [0.15, 0.2) is 47.0 Å². The van der Waals surface area contributed by atoms with Crippen LogP contribution in [0.5, 0.6) is 11.5 Å². The summed E-state index contributed by atoms with van der Waals surface area (Å²) >= 11 is 0. The van der Waals surface area contributed by atoms with Gasteiger partial charge >= 0.3 is 5.97 Å². The van der Waals surface area contributed by atoms with Crippen molar-refractivity contribution in [2.45, 2.75) is 32.5 Å². The fraction of sp³-hybridized carbons (Fsp3) is 0.286. The Labute approximate surface area is 162 Å². The highest BCUT2D eigenvalue weighted by atomic mass is 16.6. The van der Waals surface area contributed by atoms with E-state index in [-0.39, 0.29) is 24.5 Å². The highest BCUT2D eigenvalue weighted by Crippen LogP contribution is 2.40. The van der Waals surface area contributed by atoms with Gasteiger partial charge in [0, 0.05) is 17.0 Å². The summed E-state index contributed by atoms with van der Waals surface area (Å²) in [6.45, 7) is 3.94. The molecule has 2 aromatic carbocycles. The van der Waals surface area contributed by atoms with Crippen molar-refractivity contribution in [1.29, 1.82) is 0 Å². The van der Waals surface area contributed by atoms with Gasteiger partial charge in [-0.15, -0.1) is 0 Å². The van der Waals surface area contributed by atoms with E-state index in [4.69, 9.17) is 18.7 Å². The van der Waals surface area contributed by atoms with Gasteiger partial charge in [0.25, 0.3) is 5.89 Å². The third-order valence-electron chi connectivity index (χ3n) is 4.91. The summed E-state index contributed by atoms with van der Waals surface area (Å²) < 4.78 is 21.5. The van der Waals surface area contributed by atoms with Crippen molar-refractivity contribution in [2.75, 3.05) is 7.11 Å². The van der Waals surface area contributed by atoms with E-state index in [1.54, 1.807) is 13.2 Å². The number of carbonyl (C=O) groups is 1. The monoisotopic (exact) mass is 380 g/mol. The summed E-state index contributed by atoms with van der Waals surface area (Å²) in [4.78, 5) is 16.8. The van der Waals surface area contributed by atoms with Crippen LogP contribution in [0.4, 0.5) is 0 Å². The van der Waals surface area contributed by atoms with E-state index in [9.17, 15) is 4.79 Å². The lowest BCUT2D eigenvalue weighted by Gasteiger charge is -2.08. The molecule has 0 bridgehead atoms. The van der Waals surface area contributed by atoms with Crippen LogP contribution in [0, 0.1) is 0 Å². The molecule has 2 heterocycles. The maximum absolute atomic E-state index is 12.5. The van der Waals surface area contributed by atoms with E-state index in [2.05, 4.69) is 17.1 Å². The molecule has 1 aliphatic rings. The van der Waals surface area contributed by atoms with Crippen molar-refractivity contribution in [2.24, 2.45) is 0 Å². The van der Waals surface area contributed by atoms with E-state index in [1.807, 2.05) is 43.3 Å². The van der Waals surface area contributed by atoms with Gasteiger partial charge in [-0.05, 0) is 37.3 Å². The van der Waals surface area contributed by atoms with Gasteiger partial charge in [-0.2, -0.15) is 4.98 Å². The highest BCUT2D eigenvalue weighted by molar-refractivity contribution is 5.93. The predicted octanol–water partition coefficient (Wildman–Crippen LogP) is 3.99. The van der Waals surface area contributed by atoms with Crippen LogP contribution >= 0.6 is 0 Å². The van der Waals surface area contributed by atoms with Crippen molar-refractivity contribution in [3.63, 3.8) is 0 Å². The predicted molar refractivity (Wildman–Crippen MR) is 100 cm³/mol. The molecule has 0 aliphatic carbocycles. The zero-order chi connectivity index (χ0) is 19.7. The first-order chi connectivity index (χ1) is 13.6. The summed E-state index contributed by atoms with van der Waals surface area (Å²) in [5.74, 6) is 1.71. The average molecular weight is 380 g/mol. The van der Waals surface area contributed by atoms with Crippen molar-refractivity contribution in [3.8, 4) is 22.9 Å². The van der Waals surface area contributed by atoms with Crippen molar-refractivity contribution >= 4 is 5.97 Å². The number of methoxy groups -OCH3 is 1. The summed E-state index contributed by atoms with van der Waals surface area (Å²) in [7, 11) is 1.60. The van der Waals surface area contributed by atoms with Gasteiger partial charge in [0.15, 0.2) is 6.61 Å². The van der Waals surface area contributed by atoms with Gasteiger partial charge in [0.2, 0.25) is 5.82 Å². The lowest BCUT2D eigenvalue weighted by Crippen LogP contribution is -2.11. The summed E-state index contributed by atoms with van der Waals surface area (Å²) in [6, 6.07) is 12.8.